The SMILES string of the molecule is Cc1nc(-c2ccccc2)sc1C(C)NC(=O)N1CCC(C(=O)O)C1. The highest BCUT2D eigenvalue weighted by Crippen LogP contribution is 2.31. The van der Waals surface area contributed by atoms with Crippen molar-refractivity contribution in [3.05, 3.63) is 40.9 Å². The van der Waals surface area contributed by atoms with Crippen LogP contribution in [0.2, 0.25) is 0 Å². The van der Waals surface area contributed by atoms with Crippen molar-refractivity contribution in [1.29, 1.82) is 0 Å². The average Bonchev–Trinajstić information content (AvgIpc) is 3.22. The number of benzene rings is 1. The van der Waals surface area contributed by atoms with Crippen LogP contribution in [0.25, 0.3) is 10.6 Å². The van der Waals surface area contributed by atoms with Crippen LogP contribution in [0.5, 0.6) is 0 Å². The highest BCUT2D eigenvalue weighted by atomic mass is 32.1. The molecular weight excluding hydrogens is 338 g/mol. The lowest BCUT2D eigenvalue weighted by molar-refractivity contribution is -0.141. The zero-order chi connectivity index (χ0) is 18.0. The maximum atomic E-state index is 12.4. The van der Waals surface area contributed by atoms with E-state index in [1.165, 1.54) is 0 Å². The zero-order valence-electron chi connectivity index (χ0n) is 14.2. The van der Waals surface area contributed by atoms with Crippen molar-refractivity contribution in [3.63, 3.8) is 0 Å². The molecule has 132 valence electrons. The minimum atomic E-state index is -0.839. The summed E-state index contributed by atoms with van der Waals surface area (Å²) < 4.78 is 0. The Hall–Kier alpha value is -2.41. The smallest absolute Gasteiger partial charge is 0.317 e. The van der Waals surface area contributed by atoms with Gasteiger partial charge in [-0.15, -0.1) is 11.3 Å². The van der Waals surface area contributed by atoms with Crippen molar-refractivity contribution in [2.45, 2.75) is 26.3 Å². The molecule has 2 N–H and O–H groups in total. The highest BCUT2D eigenvalue weighted by molar-refractivity contribution is 7.15. The van der Waals surface area contributed by atoms with Gasteiger partial charge in [-0.05, 0) is 20.3 Å². The monoisotopic (exact) mass is 359 g/mol. The van der Waals surface area contributed by atoms with Crippen molar-refractivity contribution in [2.24, 2.45) is 5.92 Å². The molecule has 3 rings (SSSR count). The third-order valence-corrected chi connectivity index (χ3v) is 5.80. The first kappa shape index (κ1) is 17.4. The Bertz CT molecular complexity index is 775. The second-order valence-electron chi connectivity index (χ2n) is 6.28. The Morgan fingerprint density at radius 3 is 2.72 bits per heavy atom. The molecule has 1 aromatic carbocycles. The highest BCUT2D eigenvalue weighted by Gasteiger charge is 2.31. The van der Waals surface area contributed by atoms with Crippen LogP contribution in [0.3, 0.4) is 0 Å². The Morgan fingerprint density at radius 2 is 2.08 bits per heavy atom. The Kier molecular flexibility index (Phi) is 5.03. The fourth-order valence-electron chi connectivity index (χ4n) is 3.00. The van der Waals surface area contributed by atoms with Gasteiger partial charge in [0.25, 0.3) is 0 Å². The lowest BCUT2D eigenvalue weighted by Gasteiger charge is -2.20. The number of nitrogens with one attached hydrogen (secondary N) is 1. The lowest BCUT2D eigenvalue weighted by Crippen LogP contribution is -2.40. The average molecular weight is 359 g/mol. The molecule has 0 spiro atoms. The van der Waals surface area contributed by atoms with Crippen LogP contribution in [0.1, 0.15) is 30.0 Å². The van der Waals surface area contributed by atoms with Gasteiger partial charge in [0.1, 0.15) is 5.01 Å². The van der Waals surface area contributed by atoms with Gasteiger partial charge in [-0.1, -0.05) is 30.3 Å². The molecule has 0 saturated carbocycles. The predicted octanol–water partition coefficient (Wildman–Crippen LogP) is 3.30. The largest absolute Gasteiger partial charge is 0.481 e. The van der Waals surface area contributed by atoms with Crippen LogP contribution in [0, 0.1) is 12.8 Å². The number of hydrogen-bond acceptors (Lipinski definition) is 4. The third-order valence-electron chi connectivity index (χ3n) is 4.41. The lowest BCUT2D eigenvalue weighted by atomic mass is 10.1. The molecule has 1 aliphatic rings. The third kappa shape index (κ3) is 3.82. The van der Waals surface area contributed by atoms with Crippen molar-refractivity contribution in [3.8, 4) is 10.6 Å². The summed E-state index contributed by atoms with van der Waals surface area (Å²) in [6.07, 6.45) is 0.509. The van der Waals surface area contributed by atoms with Crippen LogP contribution >= 0.6 is 11.3 Å². The molecule has 2 atom stereocenters. The van der Waals surface area contributed by atoms with E-state index in [1.807, 2.05) is 44.2 Å². The molecule has 1 fully saturated rings. The number of aryl methyl sites for hydroxylation is 1. The van der Waals surface area contributed by atoms with Crippen molar-refractivity contribution in [1.82, 2.24) is 15.2 Å². The number of likely N-dealkylation sites (tertiary alicyclic amines) is 1. The summed E-state index contributed by atoms with van der Waals surface area (Å²) in [6, 6.07) is 9.56. The molecule has 1 aromatic heterocycles. The summed E-state index contributed by atoms with van der Waals surface area (Å²) in [4.78, 5) is 30.6. The summed E-state index contributed by atoms with van der Waals surface area (Å²) in [5.74, 6) is -1.30. The van der Waals surface area contributed by atoms with Gasteiger partial charge < -0.3 is 15.3 Å². The number of nitrogens with zero attached hydrogens (tertiary/aromatic N) is 2. The van der Waals surface area contributed by atoms with Gasteiger partial charge in [-0.2, -0.15) is 0 Å². The van der Waals surface area contributed by atoms with Crippen LogP contribution in [-0.2, 0) is 4.79 Å². The van der Waals surface area contributed by atoms with Crippen LogP contribution in [0.15, 0.2) is 30.3 Å². The number of carbonyl (C=O) groups is 2. The van der Waals surface area contributed by atoms with Gasteiger partial charge >= 0.3 is 12.0 Å². The van der Waals surface area contributed by atoms with Crippen LogP contribution in [-0.4, -0.2) is 40.1 Å². The number of thiazole rings is 1. The van der Waals surface area contributed by atoms with E-state index in [2.05, 4.69) is 10.3 Å². The number of hydrogen-bond donors (Lipinski definition) is 2. The molecular formula is C18H21N3O3S. The molecule has 6 nitrogen and oxygen atoms in total. The number of carbonyl (C=O) groups excluding carboxylic acids is 1. The van der Waals surface area contributed by atoms with Gasteiger partial charge in [0.05, 0.1) is 22.5 Å². The van der Waals surface area contributed by atoms with E-state index < -0.39 is 11.9 Å². The van der Waals surface area contributed by atoms with E-state index in [4.69, 9.17) is 5.11 Å². The fraction of sp³-hybridized carbons (Fsp3) is 0.389. The van der Waals surface area contributed by atoms with E-state index in [-0.39, 0.29) is 18.6 Å². The molecule has 1 saturated heterocycles. The number of urea groups is 1. The van der Waals surface area contributed by atoms with Gasteiger partial charge in [-0.3, -0.25) is 4.79 Å². The second-order valence-corrected chi connectivity index (χ2v) is 7.31. The molecule has 0 radical (unpaired) electrons. The van der Waals surface area contributed by atoms with E-state index in [0.717, 1.165) is 21.1 Å². The molecule has 1 aliphatic heterocycles. The van der Waals surface area contributed by atoms with Gasteiger partial charge in [0.15, 0.2) is 0 Å². The Labute approximate surface area is 150 Å². The summed E-state index contributed by atoms with van der Waals surface area (Å²) >= 11 is 1.57. The maximum absolute atomic E-state index is 12.4. The van der Waals surface area contributed by atoms with E-state index in [9.17, 15) is 9.59 Å². The molecule has 7 heteroatoms. The fourth-order valence-corrected chi connectivity index (χ4v) is 4.08. The van der Waals surface area contributed by atoms with Crippen LogP contribution in [0.4, 0.5) is 4.79 Å². The number of aromatic nitrogens is 1. The quantitative estimate of drug-likeness (QED) is 0.877. The number of aliphatic carboxylic acids is 1. The minimum Gasteiger partial charge on any atom is -0.481 e. The number of rotatable bonds is 4. The Morgan fingerprint density at radius 1 is 1.36 bits per heavy atom. The van der Waals surface area contributed by atoms with E-state index in [1.54, 1.807) is 16.2 Å². The standard InChI is InChI=1S/C18H21N3O3S/c1-11-15(25-16(19-11)13-6-4-3-5-7-13)12(2)20-18(24)21-9-8-14(10-21)17(22)23/h3-7,12,14H,8-10H2,1-2H3,(H,20,24)(H,22,23). The molecule has 2 unspecified atom stereocenters. The number of carboxylic acid groups (broad SMARTS) is 1. The Balaban J connectivity index is 1.67. The predicted molar refractivity (Wildman–Crippen MR) is 96.5 cm³/mol. The van der Waals surface area contributed by atoms with Gasteiger partial charge in [-0.25, -0.2) is 9.78 Å². The van der Waals surface area contributed by atoms with Crippen molar-refractivity contribution in [2.75, 3.05) is 13.1 Å². The van der Waals surface area contributed by atoms with Gasteiger partial charge in [0.2, 0.25) is 0 Å². The molecule has 2 heterocycles. The normalized spacial score (nSPS) is 18.2. The first-order valence-electron chi connectivity index (χ1n) is 8.26. The first-order chi connectivity index (χ1) is 12.0. The molecule has 2 amide bonds. The van der Waals surface area contributed by atoms with Gasteiger partial charge in [0, 0.05) is 18.7 Å². The summed E-state index contributed by atoms with van der Waals surface area (Å²) in [5, 5.41) is 13.0. The summed E-state index contributed by atoms with van der Waals surface area (Å²) in [6.45, 7) is 4.62. The number of carboxylic acids is 1. The van der Waals surface area contributed by atoms with Crippen LogP contribution < -0.4 is 5.32 Å². The minimum absolute atomic E-state index is 0.175. The maximum Gasteiger partial charge on any atom is 0.317 e. The second kappa shape index (κ2) is 7.23. The first-order valence-corrected chi connectivity index (χ1v) is 9.08. The zero-order valence-corrected chi connectivity index (χ0v) is 15.0. The van der Waals surface area contributed by atoms with Crippen molar-refractivity contribution < 1.29 is 14.7 Å². The molecule has 2 aromatic rings. The number of amides is 2. The molecule has 0 bridgehead atoms. The van der Waals surface area contributed by atoms with Crippen molar-refractivity contribution >= 4 is 23.3 Å². The summed E-state index contributed by atoms with van der Waals surface area (Å²) in [5.41, 5.74) is 1.96. The summed E-state index contributed by atoms with van der Waals surface area (Å²) in [7, 11) is 0. The molecule has 0 aliphatic carbocycles. The van der Waals surface area contributed by atoms with E-state index >= 15 is 0 Å². The van der Waals surface area contributed by atoms with E-state index in [0.29, 0.717) is 13.0 Å². The molecule has 25 heavy (non-hydrogen) atoms. The topological polar surface area (TPSA) is 82.5 Å².